The molecule has 1 rings (SSSR count). The molecule has 0 spiro atoms. The van der Waals surface area contributed by atoms with Crippen molar-refractivity contribution >= 4 is 6.09 Å². The number of rotatable bonds is 5. The van der Waals surface area contributed by atoms with Crippen molar-refractivity contribution in [2.45, 2.75) is 64.8 Å². The first-order valence-corrected chi connectivity index (χ1v) is 6.67. The number of alkyl carbamates (subject to hydrolysis) is 1. The van der Waals surface area contributed by atoms with Crippen molar-refractivity contribution in [3.8, 4) is 0 Å². The Kier molecular flexibility index (Phi) is 6.27. The number of unbranched alkanes of at least 4 members (excludes halogenated alkanes) is 1. The Bertz CT molecular complexity index is 200. The topological polar surface area (TPSA) is 38.3 Å². The van der Waals surface area contributed by atoms with Gasteiger partial charge in [-0.2, -0.15) is 0 Å². The molecular weight excluding hydrogens is 202 g/mol. The predicted molar refractivity (Wildman–Crippen MR) is 65.4 cm³/mol. The number of carbonyl (C=O) groups is 1. The zero-order chi connectivity index (χ0) is 11.8. The van der Waals surface area contributed by atoms with Crippen LogP contribution in [0.4, 0.5) is 4.79 Å². The standard InChI is InChI=1S/C13H25NO2/c1-3-4-10-16-13(15)14-11(2)12-8-6-5-7-9-12/h11-12H,3-10H2,1-2H3,(H,14,15). The minimum absolute atomic E-state index is 0.244. The Hall–Kier alpha value is -0.730. The monoisotopic (exact) mass is 227 g/mol. The molecule has 1 aliphatic rings. The second kappa shape index (κ2) is 7.53. The quantitative estimate of drug-likeness (QED) is 0.730. The van der Waals surface area contributed by atoms with Crippen molar-refractivity contribution in [2.24, 2.45) is 5.92 Å². The minimum Gasteiger partial charge on any atom is -0.450 e. The Morgan fingerprint density at radius 2 is 2.06 bits per heavy atom. The van der Waals surface area contributed by atoms with Crippen LogP contribution in [0.5, 0.6) is 0 Å². The normalized spacial score (nSPS) is 19.1. The van der Waals surface area contributed by atoms with E-state index in [0.29, 0.717) is 12.5 Å². The molecule has 1 aliphatic carbocycles. The Morgan fingerprint density at radius 1 is 1.38 bits per heavy atom. The van der Waals surface area contributed by atoms with Gasteiger partial charge in [-0.1, -0.05) is 32.6 Å². The third-order valence-electron chi connectivity index (χ3n) is 3.43. The van der Waals surface area contributed by atoms with Crippen LogP contribution < -0.4 is 5.32 Å². The summed E-state index contributed by atoms with van der Waals surface area (Å²) in [6.45, 7) is 4.72. The molecule has 1 saturated carbocycles. The zero-order valence-electron chi connectivity index (χ0n) is 10.6. The lowest BCUT2D eigenvalue weighted by atomic mass is 9.85. The second-order valence-electron chi connectivity index (χ2n) is 4.82. The first-order chi connectivity index (χ1) is 7.74. The summed E-state index contributed by atoms with van der Waals surface area (Å²) in [7, 11) is 0. The van der Waals surface area contributed by atoms with Crippen LogP contribution in [0.1, 0.15) is 58.8 Å². The highest BCUT2D eigenvalue weighted by atomic mass is 16.5. The summed E-state index contributed by atoms with van der Waals surface area (Å²) in [5.74, 6) is 0.646. The maximum atomic E-state index is 11.4. The van der Waals surface area contributed by atoms with Crippen LogP contribution >= 0.6 is 0 Å². The Balaban J connectivity index is 2.16. The Morgan fingerprint density at radius 3 is 2.69 bits per heavy atom. The molecule has 1 N–H and O–H groups in total. The largest absolute Gasteiger partial charge is 0.450 e. The molecule has 0 aliphatic heterocycles. The number of ether oxygens (including phenoxy) is 1. The molecule has 1 atom stereocenters. The van der Waals surface area contributed by atoms with E-state index in [0.717, 1.165) is 12.8 Å². The van der Waals surface area contributed by atoms with Crippen LogP contribution in [0.25, 0.3) is 0 Å². The molecule has 0 aromatic heterocycles. The van der Waals surface area contributed by atoms with E-state index in [-0.39, 0.29) is 12.1 Å². The number of nitrogens with one attached hydrogen (secondary N) is 1. The maximum Gasteiger partial charge on any atom is 0.407 e. The van der Waals surface area contributed by atoms with E-state index in [1.54, 1.807) is 0 Å². The van der Waals surface area contributed by atoms with Gasteiger partial charge in [0.25, 0.3) is 0 Å². The molecule has 0 bridgehead atoms. The van der Waals surface area contributed by atoms with E-state index >= 15 is 0 Å². The lowest BCUT2D eigenvalue weighted by Gasteiger charge is -2.27. The van der Waals surface area contributed by atoms with Crippen LogP contribution in [0.3, 0.4) is 0 Å². The summed E-state index contributed by atoms with van der Waals surface area (Å²) in [5, 5.41) is 2.95. The highest BCUT2D eigenvalue weighted by Crippen LogP contribution is 2.26. The molecule has 16 heavy (non-hydrogen) atoms. The summed E-state index contributed by atoms with van der Waals surface area (Å²) in [6, 6.07) is 0.259. The van der Waals surface area contributed by atoms with Gasteiger partial charge < -0.3 is 10.1 Å². The van der Waals surface area contributed by atoms with E-state index in [1.807, 2.05) is 0 Å². The van der Waals surface area contributed by atoms with Crippen molar-refractivity contribution < 1.29 is 9.53 Å². The summed E-state index contributed by atoms with van der Waals surface area (Å²) in [5.41, 5.74) is 0. The molecule has 0 aromatic rings. The first-order valence-electron chi connectivity index (χ1n) is 6.67. The average molecular weight is 227 g/mol. The van der Waals surface area contributed by atoms with Crippen LogP contribution in [0, 0.1) is 5.92 Å². The fourth-order valence-corrected chi connectivity index (χ4v) is 2.29. The minimum atomic E-state index is -0.244. The van der Waals surface area contributed by atoms with Gasteiger partial charge in [0.05, 0.1) is 6.61 Å². The molecule has 94 valence electrons. The summed E-state index contributed by atoms with van der Waals surface area (Å²) < 4.78 is 5.09. The molecule has 1 unspecified atom stereocenters. The highest BCUT2D eigenvalue weighted by molar-refractivity contribution is 5.67. The molecule has 0 heterocycles. The molecule has 0 saturated heterocycles. The van der Waals surface area contributed by atoms with Crippen molar-refractivity contribution in [1.82, 2.24) is 5.32 Å². The third kappa shape index (κ3) is 4.86. The lowest BCUT2D eigenvalue weighted by Crippen LogP contribution is -2.39. The SMILES string of the molecule is CCCCOC(=O)NC(C)C1CCCCC1. The van der Waals surface area contributed by atoms with E-state index in [2.05, 4.69) is 19.2 Å². The van der Waals surface area contributed by atoms with Gasteiger partial charge in [0.15, 0.2) is 0 Å². The maximum absolute atomic E-state index is 11.4. The number of hydrogen-bond acceptors (Lipinski definition) is 2. The lowest BCUT2D eigenvalue weighted by molar-refractivity contribution is 0.135. The average Bonchev–Trinajstić information content (AvgIpc) is 2.30. The fourth-order valence-electron chi connectivity index (χ4n) is 2.29. The van der Waals surface area contributed by atoms with Crippen LogP contribution in [-0.4, -0.2) is 18.7 Å². The van der Waals surface area contributed by atoms with E-state index in [9.17, 15) is 4.79 Å². The molecule has 3 heteroatoms. The number of hydrogen-bond donors (Lipinski definition) is 1. The zero-order valence-corrected chi connectivity index (χ0v) is 10.6. The van der Waals surface area contributed by atoms with Gasteiger partial charge in [0.2, 0.25) is 0 Å². The van der Waals surface area contributed by atoms with Gasteiger partial charge in [0.1, 0.15) is 0 Å². The van der Waals surface area contributed by atoms with Crippen LogP contribution in [-0.2, 0) is 4.74 Å². The molecule has 1 fully saturated rings. The molecule has 1 amide bonds. The summed E-state index contributed by atoms with van der Waals surface area (Å²) in [4.78, 5) is 11.4. The van der Waals surface area contributed by atoms with E-state index < -0.39 is 0 Å². The fraction of sp³-hybridized carbons (Fsp3) is 0.923. The van der Waals surface area contributed by atoms with Gasteiger partial charge in [-0.3, -0.25) is 0 Å². The third-order valence-corrected chi connectivity index (χ3v) is 3.43. The van der Waals surface area contributed by atoms with Gasteiger partial charge in [-0.25, -0.2) is 4.79 Å². The summed E-state index contributed by atoms with van der Waals surface area (Å²) in [6.07, 6.45) is 8.23. The number of amides is 1. The van der Waals surface area contributed by atoms with Gasteiger partial charge in [0, 0.05) is 6.04 Å². The predicted octanol–water partition coefficient (Wildman–Crippen LogP) is 3.48. The molecule has 0 radical (unpaired) electrons. The van der Waals surface area contributed by atoms with Crippen molar-refractivity contribution in [2.75, 3.05) is 6.61 Å². The first kappa shape index (κ1) is 13.3. The van der Waals surface area contributed by atoms with Crippen molar-refractivity contribution in [3.63, 3.8) is 0 Å². The van der Waals surface area contributed by atoms with E-state index in [4.69, 9.17) is 4.74 Å². The van der Waals surface area contributed by atoms with Crippen molar-refractivity contribution in [3.05, 3.63) is 0 Å². The molecule has 0 aromatic carbocycles. The second-order valence-corrected chi connectivity index (χ2v) is 4.82. The number of carbonyl (C=O) groups excluding carboxylic acids is 1. The highest BCUT2D eigenvalue weighted by Gasteiger charge is 2.21. The van der Waals surface area contributed by atoms with E-state index in [1.165, 1.54) is 32.1 Å². The smallest absolute Gasteiger partial charge is 0.407 e. The van der Waals surface area contributed by atoms with Crippen LogP contribution in [0.15, 0.2) is 0 Å². The van der Waals surface area contributed by atoms with Gasteiger partial charge in [-0.15, -0.1) is 0 Å². The van der Waals surface area contributed by atoms with Crippen molar-refractivity contribution in [1.29, 1.82) is 0 Å². The van der Waals surface area contributed by atoms with Gasteiger partial charge >= 0.3 is 6.09 Å². The molecule has 3 nitrogen and oxygen atoms in total. The van der Waals surface area contributed by atoms with Gasteiger partial charge in [-0.05, 0) is 32.1 Å². The van der Waals surface area contributed by atoms with Crippen LogP contribution in [0.2, 0.25) is 0 Å². The summed E-state index contributed by atoms with van der Waals surface area (Å²) >= 11 is 0. The molecular formula is C13H25NO2. The Labute approximate surface area is 98.9 Å².